The van der Waals surface area contributed by atoms with Crippen LogP contribution in [0.5, 0.6) is 0 Å². The standard InChI is InChI=1S/C17H40N4O/c1-5-6-7-8-9-17(22)13-19-11-15(3)21-12-16(4)20-10-14(2)18/h14-17,19-22H,5-13,18H2,1-4H3. The molecular weight excluding hydrogens is 276 g/mol. The second kappa shape index (κ2) is 14.4. The Morgan fingerprint density at radius 3 is 2.14 bits per heavy atom. The van der Waals surface area contributed by atoms with E-state index < -0.39 is 0 Å². The number of aliphatic hydroxyl groups excluding tert-OH is 1. The molecule has 0 rings (SSSR count). The maximum atomic E-state index is 9.90. The predicted molar refractivity (Wildman–Crippen MR) is 96.2 cm³/mol. The third-order valence-electron chi connectivity index (χ3n) is 3.78. The second-order valence-corrected chi connectivity index (χ2v) is 6.76. The van der Waals surface area contributed by atoms with Crippen LogP contribution in [-0.2, 0) is 0 Å². The van der Waals surface area contributed by atoms with Crippen LogP contribution in [0.1, 0.15) is 59.8 Å². The van der Waals surface area contributed by atoms with E-state index in [2.05, 4.69) is 36.7 Å². The third kappa shape index (κ3) is 14.7. The summed E-state index contributed by atoms with van der Waals surface area (Å²) in [6.45, 7) is 11.9. The van der Waals surface area contributed by atoms with E-state index in [0.717, 1.165) is 32.5 Å². The highest BCUT2D eigenvalue weighted by Gasteiger charge is 2.07. The molecular formula is C17H40N4O. The lowest BCUT2D eigenvalue weighted by atomic mass is 10.1. The van der Waals surface area contributed by atoms with Crippen LogP contribution in [0.2, 0.25) is 0 Å². The first-order valence-corrected chi connectivity index (χ1v) is 9.06. The van der Waals surface area contributed by atoms with Gasteiger partial charge in [0.05, 0.1) is 6.10 Å². The molecule has 0 radical (unpaired) electrons. The molecule has 0 aliphatic carbocycles. The molecule has 134 valence electrons. The SMILES string of the molecule is CCCCCCC(O)CNCC(C)NCC(C)NCC(C)N. The van der Waals surface area contributed by atoms with Gasteiger partial charge in [0, 0.05) is 44.3 Å². The minimum Gasteiger partial charge on any atom is -0.392 e. The fourth-order valence-electron chi connectivity index (χ4n) is 2.28. The van der Waals surface area contributed by atoms with Crippen LogP contribution >= 0.6 is 0 Å². The smallest absolute Gasteiger partial charge is 0.0664 e. The zero-order chi connectivity index (χ0) is 16.8. The first kappa shape index (κ1) is 21.8. The van der Waals surface area contributed by atoms with E-state index in [4.69, 9.17) is 5.73 Å². The van der Waals surface area contributed by atoms with Gasteiger partial charge in [0.15, 0.2) is 0 Å². The van der Waals surface area contributed by atoms with Crippen molar-refractivity contribution in [3.8, 4) is 0 Å². The Hall–Kier alpha value is -0.200. The minimum absolute atomic E-state index is 0.195. The molecule has 0 saturated heterocycles. The van der Waals surface area contributed by atoms with Crippen LogP contribution in [0, 0.1) is 0 Å². The highest BCUT2D eigenvalue weighted by Crippen LogP contribution is 2.04. The molecule has 0 fully saturated rings. The molecule has 0 spiro atoms. The molecule has 0 bridgehead atoms. The molecule has 0 saturated carbocycles. The fourth-order valence-corrected chi connectivity index (χ4v) is 2.28. The molecule has 0 aliphatic heterocycles. The van der Waals surface area contributed by atoms with Crippen molar-refractivity contribution in [3.05, 3.63) is 0 Å². The van der Waals surface area contributed by atoms with Crippen LogP contribution in [0.3, 0.4) is 0 Å². The van der Waals surface area contributed by atoms with Crippen molar-refractivity contribution in [3.63, 3.8) is 0 Å². The van der Waals surface area contributed by atoms with Crippen molar-refractivity contribution >= 4 is 0 Å². The van der Waals surface area contributed by atoms with Crippen LogP contribution in [-0.4, -0.2) is 55.5 Å². The maximum Gasteiger partial charge on any atom is 0.0664 e. The molecule has 0 aromatic carbocycles. The van der Waals surface area contributed by atoms with Gasteiger partial charge >= 0.3 is 0 Å². The Bertz CT molecular complexity index is 239. The zero-order valence-corrected chi connectivity index (χ0v) is 15.2. The molecule has 22 heavy (non-hydrogen) atoms. The van der Waals surface area contributed by atoms with E-state index in [9.17, 15) is 5.11 Å². The van der Waals surface area contributed by atoms with Gasteiger partial charge in [-0.05, 0) is 27.2 Å². The Kier molecular flexibility index (Phi) is 14.3. The number of hydrogen-bond acceptors (Lipinski definition) is 5. The van der Waals surface area contributed by atoms with Gasteiger partial charge in [0.1, 0.15) is 0 Å². The Morgan fingerprint density at radius 1 is 0.864 bits per heavy atom. The quantitative estimate of drug-likeness (QED) is 0.293. The average Bonchev–Trinajstić information content (AvgIpc) is 2.47. The number of nitrogens with one attached hydrogen (secondary N) is 3. The first-order chi connectivity index (χ1) is 10.5. The molecule has 0 aliphatic rings. The normalized spacial score (nSPS) is 17.2. The molecule has 5 heteroatoms. The number of aliphatic hydroxyl groups is 1. The van der Waals surface area contributed by atoms with Gasteiger partial charge in [-0.2, -0.15) is 0 Å². The van der Waals surface area contributed by atoms with Crippen molar-refractivity contribution in [2.75, 3.05) is 26.2 Å². The lowest BCUT2D eigenvalue weighted by molar-refractivity contribution is 0.157. The largest absolute Gasteiger partial charge is 0.392 e. The fraction of sp³-hybridized carbons (Fsp3) is 1.00. The summed E-state index contributed by atoms with van der Waals surface area (Å²) < 4.78 is 0. The number of unbranched alkanes of at least 4 members (excludes halogenated alkanes) is 3. The second-order valence-electron chi connectivity index (χ2n) is 6.76. The number of nitrogens with two attached hydrogens (primary N) is 1. The van der Waals surface area contributed by atoms with E-state index in [1.165, 1.54) is 19.3 Å². The monoisotopic (exact) mass is 316 g/mol. The van der Waals surface area contributed by atoms with Gasteiger partial charge in [-0.25, -0.2) is 0 Å². The molecule has 4 unspecified atom stereocenters. The Morgan fingerprint density at radius 2 is 1.50 bits per heavy atom. The first-order valence-electron chi connectivity index (χ1n) is 9.06. The van der Waals surface area contributed by atoms with Gasteiger partial charge in [-0.1, -0.05) is 32.6 Å². The van der Waals surface area contributed by atoms with Gasteiger partial charge in [0.25, 0.3) is 0 Å². The molecule has 0 amide bonds. The summed E-state index contributed by atoms with van der Waals surface area (Å²) in [5.41, 5.74) is 5.73. The molecule has 0 aromatic heterocycles. The third-order valence-corrected chi connectivity index (χ3v) is 3.78. The van der Waals surface area contributed by atoms with Crippen LogP contribution in [0.25, 0.3) is 0 Å². The summed E-state index contributed by atoms with van der Waals surface area (Å²) in [4.78, 5) is 0. The molecule has 4 atom stereocenters. The van der Waals surface area contributed by atoms with Crippen molar-refractivity contribution in [1.82, 2.24) is 16.0 Å². The van der Waals surface area contributed by atoms with Crippen LogP contribution < -0.4 is 21.7 Å². The summed E-state index contributed by atoms with van der Waals surface area (Å²) in [5.74, 6) is 0. The van der Waals surface area contributed by atoms with E-state index in [-0.39, 0.29) is 12.1 Å². The van der Waals surface area contributed by atoms with Gasteiger partial charge < -0.3 is 26.8 Å². The molecule has 0 aromatic rings. The van der Waals surface area contributed by atoms with E-state index in [1.54, 1.807) is 0 Å². The predicted octanol–water partition coefficient (Wildman–Crippen LogP) is 1.21. The summed E-state index contributed by atoms with van der Waals surface area (Å²) >= 11 is 0. The van der Waals surface area contributed by atoms with Crippen LogP contribution in [0.4, 0.5) is 0 Å². The maximum absolute atomic E-state index is 9.90. The Labute approximate surface area is 137 Å². The van der Waals surface area contributed by atoms with Gasteiger partial charge in [-0.15, -0.1) is 0 Å². The van der Waals surface area contributed by atoms with E-state index in [1.807, 2.05) is 6.92 Å². The molecule has 6 N–H and O–H groups in total. The Balaban J connectivity index is 3.50. The number of hydrogen-bond donors (Lipinski definition) is 5. The lowest BCUT2D eigenvalue weighted by Crippen LogP contribution is -2.46. The van der Waals surface area contributed by atoms with Crippen molar-refractivity contribution in [2.24, 2.45) is 5.73 Å². The van der Waals surface area contributed by atoms with E-state index in [0.29, 0.717) is 18.6 Å². The van der Waals surface area contributed by atoms with Crippen LogP contribution in [0.15, 0.2) is 0 Å². The lowest BCUT2D eigenvalue weighted by Gasteiger charge is -2.20. The summed E-state index contributed by atoms with van der Waals surface area (Å²) in [6.07, 6.45) is 5.58. The van der Waals surface area contributed by atoms with Gasteiger partial charge in [0.2, 0.25) is 0 Å². The summed E-state index contributed by atoms with van der Waals surface area (Å²) in [6, 6.07) is 1.00. The van der Waals surface area contributed by atoms with Crippen molar-refractivity contribution in [1.29, 1.82) is 0 Å². The van der Waals surface area contributed by atoms with E-state index >= 15 is 0 Å². The number of rotatable bonds is 15. The molecule has 5 nitrogen and oxygen atoms in total. The minimum atomic E-state index is -0.212. The highest BCUT2D eigenvalue weighted by atomic mass is 16.3. The average molecular weight is 317 g/mol. The zero-order valence-electron chi connectivity index (χ0n) is 15.2. The van der Waals surface area contributed by atoms with Crippen molar-refractivity contribution in [2.45, 2.75) is 84.0 Å². The van der Waals surface area contributed by atoms with Crippen molar-refractivity contribution < 1.29 is 5.11 Å². The summed E-state index contributed by atoms with van der Waals surface area (Å²) in [5, 5.41) is 20.1. The summed E-state index contributed by atoms with van der Waals surface area (Å²) in [7, 11) is 0. The van der Waals surface area contributed by atoms with Gasteiger partial charge in [-0.3, -0.25) is 0 Å². The highest BCUT2D eigenvalue weighted by molar-refractivity contribution is 4.72. The topological polar surface area (TPSA) is 82.3 Å². The molecule has 0 heterocycles.